The van der Waals surface area contributed by atoms with E-state index in [9.17, 15) is 4.39 Å². The van der Waals surface area contributed by atoms with E-state index < -0.39 is 0 Å². The number of aryl methyl sites for hydroxylation is 1. The highest BCUT2D eigenvalue weighted by Gasteiger charge is 2.08. The number of halogens is 2. The number of nitrogens with one attached hydrogen (secondary N) is 1. The van der Waals surface area contributed by atoms with E-state index in [2.05, 4.69) is 25.8 Å². The van der Waals surface area contributed by atoms with Crippen molar-refractivity contribution in [3.8, 4) is 0 Å². The zero-order valence-electron chi connectivity index (χ0n) is 13.8. The van der Waals surface area contributed by atoms with Crippen LogP contribution in [0.3, 0.4) is 0 Å². The molecule has 0 aliphatic carbocycles. The third-order valence-corrected chi connectivity index (χ3v) is 3.61. The first-order valence-electron chi connectivity index (χ1n) is 7.36. The van der Waals surface area contributed by atoms with Crippen molar-refractivity contribution in [3.05, 3.63) is 59.7 Å². The molecule has 0 spiro atoms. The Hall–Kier alpha value is -1.57. The van der Waals surface area contributed by atoms with Gasteiger partial charge in [0.25, 0.3) is 0 Å². The smallest absolute Gasteiger partial charge is 0.193 e. The number of hydrogen-bond donors (Lipinski definition) is 1. The van der Waals surface area contributed by atoms with E-state index in [1.54, 1.807) is 19.2 Å². The minimum Gasteiger partial charge on any atom is -0.356 e. The highest BCUT2D eigenvalue weighted by atomic mass is 127. The maximum absolute atomic E-state index is 13.1. The van der Waals surface area contributed by atoms with Crippen molar-refractivity contribution in [3.63, 3.8) is 0 Å². The molecular formula is C17H24FIN4. The average molecular weight is 430 g/mol. The Morgan fingerprint density at radius 2 is 2.09 bits per heavy atom. The number of benzene rings is 1. The molecule has 1 aromatic heterocycles. The molecule has 23 heavy (non-hydrogen) atoms. The largest absolute Gasteiger partial charge is 0.356 e. The van der Waals surface area contributed by atoms with Crippen LogP contribution in [0.1, 0.15) is 11.3 Å². The first-order chi connectivity index (χ1) is 10.6. The van der Waals surface area contributed by atoms with E-state index in [1.807, 2.05) is 32.4 Å². The molecule has 0 saturated heterocycles. The van der Waals surface area contributed by atoms with Gasteiger partial charge in [0.05, 0.1) is 6.54 Å². The fraction of sp³-hybridized carbons (Fsp3) is 0.353. The van der Waals surface area contributed by atoms with Gasteiger partial charge in [0.1, 0.15) is 5.82 Å². The number of aliphatic imine (C=N–C) groups is 1. The molecule has 0 radical (unpaired) electrons. The minimum absolute atomic E-state index is 0. The molecule has 0 fully saturated rings. The van der Waals surface area contributed by atoms with Crippen molar-refractivity contribution >= 4 is 29.9 Å². The topological polar surface area (TPSA) is 32.6 Å². The molecule has 1 N–H and O–H groups in total. The summed E-state index contributed by atoms with van der Waals surface area (Å²) in [6.07, 6.45) is 2.79. The third kappa shape index (κ3) is 5.85. The van der Waals surface area contributed by atoms with Gasteiger partial charge < -0.3 is 14.8 Å². The van der Waals surface area contributed by atoms with Crippen molar-refractivity contribution in [2.75, 3.05) is 20.6 Å². The maximum Gasteiger partial charge on any atom is 0.193 e. The first-order valence-corrected chi connectivity index (χ1v) is 7.36. The number of nitrogens with zero attached hydrogens (tertiary/aromatic N) is 3. The number of aromatic nitrogens is 1. The van der Waals surface area contributed by atoms with Crippen LogP contribution in [0.2, 0.25) is 0 Å². The molecule has 126 valence electrons. The quantitative estimate of drug-likeness (QED) is 0.450. The van der Waals surface area contributed by atoms with E-state index in [4.69, 9.17) is 0 Å². The Labute approximate surface area is 154 Å². The zero-order chi connectivity index (χ0) is 15.9. The van der Waals surface area contributed by atoms with E-state index in [1.165, 1.54) is 11.8 Å². The van der Waals surface area contributed by atoms with Crippen LogP contribution in [0.4, 0.5) is 4.39 Å². The second kappa shape index (κ2) is 9.54. The minimum atomic E-state index is -0.192. The van der Waals surface area contributed by atoms with Gasteiger partial charge in [-0.2, -0.15) is 0 Å². The number of guanidine groups is 1. The van der Waals surface area contributed by atoms with E-state index in [-0.39, 0.29) is 29.8 Å². The van der Waals surface area contributed by atoms with Gasteiger partial charge in [-0.3, -0.25) is 4.99 Å². The van der Waals surface area contributed by atoms with Crippen LogP contribution in [0.5, 0.6) is 0 Å². The monoisotopic (exact) mass is 430 g/mol. The zero-order valence-corrected chi connectivity index (χ0v) is 16.1. The highest BCUT2D eigenvalue weighted by Crippen LogP contribution is 2.05. The predicted molar refractivity (Wildman–Crippen MR) is 104 cm³/mol. The Bertz CT molecular complexity index is 639. The Morgan fingerprint density at radius 1 is 1.30 bits per heavy atom. The van der Waals surface area contributed by atoms with Gasteiger partial charge in [0, 0.05) is 39.6 Å². The van der Waals surface area contributed by atoms with Crippen molar-refractivity contribution in [2.24, 2.45) is 12.0 Å². The van der Waals surface area contributed by atoms with Gasteiger partial charge in [-0.25, -0.2) is 4.39 Å². The van der Waals surface area contributed by atoms with E-state index in [0.717, 1.165) is 24.5 Å². The Balaban J connectivity index is 0.00000264. The first kappa shape index (κ1) is 19.5. The number of hydrogen-bond acceptors (Lipinski definition) is 1. The van der Waals surface area contributed by atoms with Crippen molar-refractivity contribution in [2.45, 2.75) is 13.0 Å². The van der Waals surface area contributed by atoms with Gasteiger partial charge in [0.2, 0.25) is 0 Å². The molecule has 6 heteroatoms. The second-order valence-electron chi connectivity index (χ2n) is 5.32. The normalized spacial score (nSPS) is 11.0. The molecule has 0 atom stereocenters. The van der Waals surface area contributed by atoms with Gasteiger partial charge in [-0.05, 0) is 36.2 Å². The van der Waals surface area contributed by atoms with Crippen LogP contribution < -0.4 is 5.32 Å². The van der Waals surface area contributed by atoms with Gasteiger partial charge in [-0.15, -0.1) is 24.0 Å². The van der Waals surface area contributed by atoms with E-state index >= 15 is 0 Å². The van der Waals surface area contributed by atoms with E-state index in [0.29, 0.717) is 6.54 Å². The van der Waals surface area contributed by atoms with Crippen LogP contribution in [0.25, 0.3) is 0 Å². The number of rotatable bonds is 5. The molecule has 1 heterocycles. The molecule has 1 aromatic carbocycles. The van der Waals surface area contributed by atoms with Crippen LogP contribution in [-0.2, 0) is 20.0 Å². The molecule has 0 bridgehead atoms. The maximum atomic E-state index is 13.1. The summed E-state index contributed by atoms with van der Waals surface area (Å²) in [7, 11) is 5.81. The summed E-state index contributed by atoms with van der Waals surface area (Å²) >= 11 is 0. The summed E-state index contributed by atoms with van der Waals surface area (Å²) in [5.41, 5.74) is 2.20. The fourth-order valence-electron chi connectivity index (χ4n) is 2.37. The van der Waals surface area contributed by atoms with Gasteiger partial charge in [-0.1, -0.05) is 12.1 Å². The van der Waals surface area contributed by atoms with Crippen molar-refractivity contribution in [1.82, 2.24) is 14.8 Å². The van der Waals surface area contributed by atoms with Gasteiger partial charge >= 0.3 is 0 Å². The highest BCUT2D eigenvalue weighted by molar-refractivity contribution is 14.0. The predicted octanol–water partition coefficient (Wildman–Crippen LogP) is 3.03. The third-order valence-electron chi connectivity index (χ3n) is 3.61. The lowest BCUT2D eigenvalue weighted by Gasteiger charge is -2.22. The lowest BCUT2D eigenvalue weighted by Crippen LogP contribution is -2.39. The van der Waals surface area contributed by atoms with Crippen LogP contribution in [-0.4, -0.2) is 36.1 Å². The van der Waals surface area contributed by atoms with Crippen LogP contribution in [0.15, 0.2) is 47.6 Å². The Kier molecular flexibility index (Phi) is 8.08. The lowest BCUT2D eigenvalue weighted by molar-refractivity contribution is 0.462. The van der Waals surface area contributed by atoms with Crippen LogP contribution in [0, 0.1) is 5.82 Å². The molecular weight excluding hydrogens is 406 g/mol. The molecule has 0 amide bonds. The molecule has 0 aliphatic rings. The summed E-state index contributed by atoms with van der Waals surface area (Å²) in [6.45, 7) is 1.50. The fourth-order valence-corrected chi connectivity index (χ4v) is 2.37. The Morgan fingerprint density at radius 3 is 2.70 bits per heavy atom. The van der Waals surface area contributed by atoms with Crippen molar-refractivity contribution < 1.29 is 4.39 Å². The summed E-state index contributed by atoms with van der Waals surface area (Å²) in [4.78, 5) is 6.37. The van der Waals surface area contributed by atoms with Crippen molar-refractivity contribution in [1.29, 1.82) is 0 Å². The summed E-state index contributed by atoms with van der Waals surface area (Å²) in [5.74, 6) is 0.639. The molecule has 0 aliphatic heterocycles. The SMILES string of the molecule is CN=C(NCCc1cccc(F)c1)N(C)Cc1cccn1C.I. The average Bonchev–Trinajstić information content (AvgIpc) is 2.89. The molecule has 4 nitrogen and oxygen atoms in total. The lowest BCUT2D eigenvalue weighted by atomic mass is 10.1. The van der Waals surface area contributed by atoms with Gasteiger partial charge in [0.15, 0.2) is 5.96 Å². The summed E-state index contributed by atoms with van der Waals surface area (Å²) in [6, 6.07) is 10.8. The molecule has 0 unspecified atom stereocenters. The standard InChI is InChI=1S/C17H23FN4.HI/c1-19-17(22(3)13-16-8-5-11-21(16)2)20-10-9-14-6-4-7-15(18)12-14;/h4-8,11-12H,9-10,13H2,1-3H3,(H,19,20);1H. The molecule has 2 aromatic rings. The second-order valence-corrected chi connectivity index (χ2v) is 5.32. The molecule has 0 saturated carbocycles. The summed E-state index contributed by atoms with van der Waals surface area (Å²) < 4.78 is 15.2. The molecule has 2 rings (SSSR count). The summed E-state index contributed by atoms with van der Waals surface area (Å²) in [5, 5.41) is 3.31. The van der Waals surface area contributed by atoms with Crippen LogP contribution >= 0.6 is 24.0 Å².